The third-order valence-corrected chi connectivity index (χ3v) is 4.71. The number of fused-ring (bicyclic) bond motifs is 1. The van der Waals surface area contributed by atoms with Crippen LogP contribution in [-0.4, -0.2) is 37.3 Å². The number of aromatic nitrogens is 5. The van der Waals surface area contributed by atoms with Crippen LogP contribution in [0.1, 0.15) is 64.1 Å². The first-order valence-electron chi connectivity index (χ1n) is 10.4. The highest BCUT2D eigenvalue weighted by atomic mass is 16.5. The van der Waals surface area contributed by atoms with E-state index in [4.69, 9.17) is 15.2 Å². The van der Waals surface area contributed by atoms with Crippen LogP contribution in [-0.2, 0) is 6.42 Å². The molecule has 3 heterocycles. The van der Waals surface area contributed by atoms with E-state index in [2.05, 4.69) is 40.8 Å². The number of nitrogen functional groups attached to an aromatic ring is 1. The van der Waals surface area contributed by atoms with E-state index >= 15 is 0 Å². The molecule has 8 nitrogen and oxygen atoms in total. The zero-order valence-electron chi connectivity index (χ0n) is 17.5. The van der Waals surface area contributed by atoms with Crippen LogP contribution in [0.2, 0.25) is 0 Å². The predicted molar refractivity (Wildman–Crippen MR) is 112 cm³/mol. The topological polar surface area (TPSA) is 100 Å². The zero-order valence-corrected chi connectivity index (χ0v) is 17.5. The van der Waals surface area contributed by atoms with Crippen molar-refractivity contribution in [1.29, 1.82) is 0 Å². The van der Waals surface area contributed by atoms with Gasteiger partial charge in [-0.25, -0.2) is 14.5 Å². The Balaban J connectivity index is 1.77. The second kappa shape index (κ2) is 10.0. The van der Waals surface area contributed by atoms with Gasteiger partial charge in [0.15, 0.2) is 11.5 Å². The van der Waals surface area contributed by atoms with Crippen LogP contribution in [0.3, 0.4) is 0 Å². The summed E-state index contributed by atoms with van der Waals surface area (Å²) in [5.41, 5.74) is 8.55. The predicted octanol–water partition coefficient (Wildman–Crippen LogP) is 3.83. The Kier molecular flexibility index (Phi) is 7.21. The number of hydrogen-bond donors (Lipinski definition) is 1. The van der Waals surface area contributed by atoms with E-state index in [-0.39, 0.29) is 12.1 Å². The molecule has 0 saturated carbocycles. The third-order valence-electron chi connectivity index (χ3n) is 4.71. The second-order valence-corrected chi connectivity index (χ2v) is 7.08. The van der Waals surface area contributed by atoms with Crippen molar-refractivity contribution in [3.8, 4) is 11.9 Å². The van der Waals surface area contributed by atoms with Crippen LogP contribution >= 0.6 is 0 Å². The van der Waals surface area contributed by atoms with Gasteiger partial charge in [-0.05, 0) is 24.8 Å². The lowest BCUT2D eigenvalue weighted by Gasteiger charge is -2.15. The van der Waals surface area contributed by atoms with Crippen LogP contribution in [0, 0.1) is 0 Å². The maximum Gasteiger partial charge on any atom is 0.336 e. The van der Waals surface area contributed by atoms with E-state index in [9.17, 15) is 0 Å². The molecule has 0 radical (unpaired) electrons. The molecule has 0 saturated heterocycles. The van der Waals surface area contributed by atoms with Crippen molar-refractivity contribution in [1.82, 2.24) is 24.6 Å². The summed E-state index contributed by atoms with van der Waals surface area (Å²) in [6, 6.07) is 4.18. The largest absolute Gasteiger partial charge is 0.478 e. The van der Waals surface area contributed by atoms with Gasteiger partial charge in [0.2, 0.25) is 5.88 Å². The summed E-state index contributed by atoms with van der Waals surface area (Å²) in [5.74, 6) is 0.953. The molecule has 0 amide bonds. The molecular weight excluding hydrogens is 368 g/mol. The number of nitrogens with zero attached hydrogens (tertiary/aromatic N) is 5. The first-order valence-corrected chi connectivity index (χ1v) is 10.4. The van der Waals surface area contributed by atoms with Crippen molar-refractivity contribution in [3.05, 3.63) is 35.8 Å². The number of rotatable bonds is 11. The number of anilines is 1. The summed E-state index contributed by atoms with van der Waals surface area (Å²) in [4.78, 5) is 13.0. The second-order valence-electron chi connectivity index (χ2n) is 7.08. The minimum absolute atomic E-state index is 0.0771. The number of unbranched alkanes of at least 4 members (excludes halogenated alkanes) is 1. The molecule has 0 aromatic carbocycles. The number of ether oxygens (including phenoxy) is 2. The van der Waals surface area contributed by atoms with Gasteiger partial charge in [0.1, 0.15) is 6.10 Å². The van der Waals surface area contributed by atoms with E-state index < -0.39 is 0 Å². The Bertz CT molecular complexity index is 909. The van der Waals surface area contributed by atoms with Gasteiger partial charge in [0.25, 0.3) is 0 Å². The van der Waals surface area contributed by atoms with Crippen molar-refractivity contribution in [2.75, 3.05) is 12.3 Å². The molecule has 0 aliphatic carbocycles. The van der Waals surface area contributed by atoms with E-state index in [0.717, 1.165) is 43.4 Å². The fourth-order valence-corrected chi connectivity index (χ4v) is 3.05. The highest BCUT2D eigenvalue weighted by Crippen LogP contribution is 2.19. The minimum atomic E-state index is 0.0771. The van der Waals surface area contributed by atoms with Gasteiger partial charge in [-0.15, -0.1) is 5.10 Å². The van der Waals surface area contributed by atoms with Crippen molar-refractivity contribution < 1.29 is 9.47 Å². The van der Waals surface area contributed by atoms with Crippen LogP contribution in [0.5, 0.6) is 11.9 Å². The quantitative estimate of drug-likeness (QED) is 0.490. The first-order chi connectivity index (χ1) is 14.1. The highest BCUT2D eigenvalue weighted by Gasteiger charge is 2.15. The fraction of sp³-hybridized carbons (Fsp3) is 0.524. The van der Waals surface area contributed by atoms with Crippen LogP contribution in [0.25, 0.3) is 5.65 Å². The molecule has 3 aromatic rings. The summed E-state index contributed by atoms with van der Waals surface area (Å²) >= 11 is 0. The van der Waals surface area contributed by atoms with Crippen molar-refractivity contribution in [3.63, 3.8) is 0 Å². The van der Waals surface area contributed by atoms with E-state index in [1.807, 2.05) is 18.3 Å². The van der Waals surface area contributed by atoms with E-state index in [1.165, 1.54) is 0 Å². The molecule has 0 aliphatic rings. The fourth-order valence-electron chi connectivity index (χ4n) is 3.05. The van der Waals surface area contributed by atoms with E-state index in [0.29, 0.717) is 30.4 Å². The van der Waals surface area contributed by atoms with Crippen molar-refractivity contribution in [2.45, 2.75) is 65.4 Å². The monoisotopic (exact) mass is 398 g/mol. The molecule has 3 aromatic heterocycles. The van der Waals surface area contributed by atoms with Gasteiger partial charge >= 0.3 is 6.01 Å². The minimum Gasteiger partial charge on any atom is -0.478 e. The molecule has 8 heteroatoms. The Labute approximate surface area is 171 Å². The molecule has 156 valence electrons. The van der Waals surface area contributed by atoms with Crippen LogP contribution < -0.4 is 15.2 Å². The summed E-state index contributed by atoms with van der Waals surface area (Å²) < 4.78 is 13.3. The number of imidazole rings is 1. The first kappa shape index (κ1) is 20.8. The lowest BCUT2D eigenvalue weighted by atomic mass is 10.2. The number of nitrogens with two attached hydrogens (primary N) is 1. The number of hydrogen-bond acceptors (Lipinski definition) is 7. The smallest absolute Gasteiger partial charge is 0.336 e. The maximum atomic E-state index is 6.09. The van der Waals surface area contributed by atoms with E-state index in [1.54, 1.807) is 10.7 Å². The Morgan fingerprint density at radius 3 is 2.66 bits per heavy atom. The third kappa shape index (κ3) is 5.34. The van der Waals surface area contributed by atoms with Crippen LogP contribution in [0.15, 0.2) is 24.5 Å². The molecule has 2 N–H and O–H groups in total. The summed E-state index contributed by atoms with van der Waals surface area (Å²) in [6.45, 7) is 7.04. The average molecular weight is 399 g/mol. The van der Waals surface area contributed by atoms with Crippen molar-refractivity contribution >= 4 is 11.5 Å². The molecule has 1 atom stereocenters. The maximum absolute atomic E-state index is 6.09. The van der Waals surface area contributed by atoms with Gasteiger partial charge in [-0.1, -0.05) is 39.7 Å². The number of pyridine rings is 1. The van der Waals surface area contributed by atoms with Gasteiger partial charge in [-0.3, -0.25) is 0 Å². The Morgan fingerprint density at radius 2 is 1.97 bits per heavy atom. The van der Waals surface area contributed by atoms with Gasteiger partial charge < -0.3 is 15.2 Å². The molecule has 0 fully saturated rings. The summed E-state index contributed by atoms with van der Waals surface area (Å²) in [5, 5.41) is 4.53. The van der Waals surface area contributed by atoms with Gasteiger partial charge in [0, 0.05) is 18.7 Å². The molecule has 0 bridgehead atoms. The lowest BCUT2D eigenvalue weighted by Crippen LogP contribution is -2.18. The van der Waals surface area contributed by atoms with Crippen LogP contribution in [0.4, 0.5) is 5.82 Å². The average Bonchev–Trinajstić information content (AvgIpc) is 3.12. The molecule has 3 rings (SSSR count). The van der Waals surface area contributed by atoms with Crippen molar-refractivity contribution in [2.24, 2.45) is 0 Å². The summed E-state index contributed by atoms with van der Waals surface area (Å²) in [7, 11) is 0. The Morgan fingerprint density at radius 1 is 1.10 bits per heavy atom. The van der Waals surface area contributed by atoms with Gasteiger partial charge in [-0.2, -0.15) is 4.98 Å². The standard InChI is InChI=1S/C21H30N6O2/c1-4-7-11-28-18-10-9-15(13-23-18)12-16-14-24-20-19(22)25-21(26-27(16)20)29-17(6-3)8-5-2/h9-10,13-14,17H,4-8,11-12H2,1-3H3,(H2,22,25,26). The normalized spacial score (nSPS) is 12.2. The molecule has 29 heavy (non-hydrogen) atoms. The molecule has 0 aliphatic heterocycles. The highest BCUT2D eigenvalue weighted by molar-refractivity contribution is 5.59. The molecular formula is C21H30N6O2. The zero-order chi connectivity index (χ0) is 20.6. The molecule has 1 unspecified atom stereocenters. The van der Waals surface area contributed by atoms with Gasteiger partial charge in [0.05, 0.1) is 18.5 Å². The Hall–Kier alpha value is -2.90. The SMILES string of the molecule is CCCCOc1ccc(Cc2cnc3c(N)nc(OC(CC)CCC)nn23)cn1. The lowest BCUT2D eigenvalue weighted by molar-refractivity contribution is 0.167. The summed E-state index contributed by atoms with van der Waals surface area (Å²) in [6.07, 6.45) is 9.28. The molecule has 0 spiro atoms.